The number of H-pyrrole nitrogens is 2. The highest BCUT2D eigenvalue weighted by molar-refractivity contribution is 5.92. The first-order valence-electron chi connectivity index (χ1n) is 9.97. The number of furan rings is 1. The molecule has 0 saturated carbocycles. The Morgan fingerprint density at radius 2 is 1.81 bits per heavy atom. The molecular formula is C24H16N6O2. The van der Waals surface area contributed by atoms with Crippen molar-refractivity contribution >= 4 is 39.8 Å². The molecule has 0 bridgehead atoms. The lowest BCUT2D eigenvalue weighted by Gasteiger charge is -2.09. The van der Waals surface area contributed by atoms with Gasteiger partial charge in [0.05, 0.1) is 18.2 Å². The van der Waals surface area contributed by atoms with Crippen molar-refractivity contribution in [3.8, 4) is 22.5 Å². The highest BCUT2D eigenvalue weighted by Crippen LogP contribution is 2.30. The fourth-order valence-corrected chi connectivity index (χ4v) is 3.72. The van der Waals surface area contributed by atoms with Gasteiger partial charge in [-0.3, -0.25) is 9.89 Å². The standard InChI is InChI=1S/C24H16N6O2/c31-13-19-9-15-1-2-16(10-21(15)27-19)23-29-20-7-8-32-22(20)24(30-23)28-18-5-3-14(4-6-18)17-11-25-26-12-17/h1-13,27H,(H,25,26)(H,28,29,30). The summed E-state index contributed by atoms with van der Waals surface area (Å²) in [4.78, 5) is 23.6. The van der Waals surface area contributed by atoms with Gasteiger partial charge in [0.1, 0.15) is 5.52 Å². The third-order valence-corrected chi connectivity index (χ3v) is 5.31. The number of hydrogen-bond acceptors (Lipinski definition) is 6. The van der Waals surface area contributed by atoms with E-state index in [1.807, 2.05) is 60.8 Å². The topological polar surface area (TPSA) is 112 Å². The number of aromatic nitrogens is 5. The molecule has 6 rings (SSSR count). The third kappa shape index (κ3) is 3.10. The van der Waals surface area contributed by atoms with Crippen molar-refractivity contribution in [2.45, 2.75) is 0 Å². The molecule has 32 heavy (non-hydrogen) atoms. The van der Waals surface area contributed by atoms with Crippen LogP contribution in [0.3, 0.4) is 0 Å². The first kappa shape index (κ1) is 18.1. The summed E-state index contributed by atoms with van der Waals surface area (Å²) in [7, 11) is 0. The second-order valence-corrected chi connectivity index (χ2v) is 7.36. The molecule has 0 unspecified atom stereocenters. The number of aromatic amines is 2. The number of carbonyl (C=O) groups is 1. The average Bonchev–Trinajstić information content (AvgIpc) is 3.59. The van der Waals surface area contributed by atoms with Crippen molar-refractivity contribution in [3.63, 3.8) is 0 Å². The smallest absolute Gasteiger partial charge is 0.194 e. The normalized spacial score (nSPS) is 11.2. The number of anilines is 2. The number of aldehydes is 1. The minimum atomic E-state index is 0.532. The molecule has 4 aromatic heterocycles. The minimum absolute atomic E-state index is 0.532. The lowest BCUT2D eigenvalue weighted by Crippen LogP contribution is -1.98. The number of fused-ring (bicyclic) bond motifs is 2. The SMILES string of the molecule is O=Cc1cc2ccc(-c3nc(Nc4ccc(-c5cn[nH]c5)cc4)c4occc4n3)cc2[nH]1. The molecule has 8 nitrogen and oxygen atoms in total. The zero-order valence-electron chi connectivity index (χ0n) is 16.7. The van der Waals surface area contributed by atoms with E-state index in [2.05, 4.69) is 25.5 Å². The highest BCUT2D eigenvalue weighted by atomic mass is 16.3. The third-order valence-electron chi connectivity index (χ3n) is 5.31. The first-order chi connectivity index (χ1) is 15.8. The number of carbonyl (C=O) groups excluding carboxylic acids is 1. The number of rotatable bonds is 5. The summed E-state index contributed by atoms with van der Waals surface area (Å²) in [5, 5.41) is 11.1. The predicted molar refractivity (Wildman–Crippen MR) is 122 cm³/mol. The lowest BCUT2D eigenvalue weighted by molar-refractivity contribution is 0.112. The second-order valence-electron chi connectivity index (χ2n) is 7.36. The van der Waals surface area contributed by atoms with E-state index in [-0.39, 0.29) is 0 Å². The largest absolute Gasteiger partial charge is 0.459 e. The van der Waals surface area contributed by atoms with Gasteiger partial charge in [-0.1, -0.05) is 24.3 Å². The Bertz CT molecular complexity index is 1560. The van der Waals surface area contributed by atoms with Crippen LogP contribution in [0.5, 0.6) is 0 Å². The van der Waals surface area contributed by atoms with Crippen molar-refractivity contribution in [2.24, 2.45) is 0 Å². The van der Waals surface area contributed by atoms with Crippen molar-refractivity contribution in [1.82, 2.24) is 25.1 Å². The Kier molecular flexibility index (Phi) is 4.07. The summed E-state index contributed by atoms with van der Waals surface area (Å²) < 4.78 is 5.64. The molecule has 0 radical (unpaired) electrons. The van der Waals surface area contributed by atoms with E-state index in [1.54, 1.807) is 12.5 Å². The van der Waals surface area contributed by atoms with Gasteiger partial charge >= 0.3 is 0 Å². The summed E-state index contributed by atoms with van der Waals surface area (Å²) in [6.45, 7) is 0. The summed E-state index contributed by atoms with van der Waals surface area (Å²) in [6.07, 6.45) is 6.03. The molecule has 0 aliphatic rings. The Morgan fingerprint density at radius 1 is 0.938 bits per heavy atom. The van der Waals surface area contributed by atoms with Gasteiger partial charge in [-0.05, 0) is 29.8 Å². The monoisotopic (exact) mass is 420 g/mol. The van der Waals surface area contributed by atoms with Crippen LogP contribution in [-0.2, 0) is 0 Å². The van der Waals surface area contributed by atoms with Crippen LogP contribution in [0, 0.1) is 0 Å². The van der Waals surface area contributed by atoms with Crippen LogP contribution >= 0.6 is 0 Å². The van der Waals surface area contributed by atoms with E-state index in [9.17, 15) is 4.79 Å². The molecule has 8 heteroatoms. The Labute approximate surface area is 181 Å². The van der Waals surface area contributed by atoms with Crippen molar-refractivity contribution in [1.29, 1.82) is 0 Å². The van der Waals surface area contributed by atoms with Crippen LogP contribution in [0.15, 0.2) is 77.7 Å². The zero-order chi connectivity index (χ0) is 21.5. The van der Waals surface area contributed by atoms with Gasteiger partial charge in [0.2, 0.25) is 0 Å². The Morgan fingerprint density at radius 3 is 2.62 bits per heavy atom. The number of nitrogens with one attached hydrogen (secondary N) is 3. The molecular weight excluding hydrogens is 404 g/mol. The molecule has 154 valence electrons. The molecule has 0 aliphatic heterocycles. The quantitative estimate of drug-likeness (QED) is 0.326. The van der Waals surface area contributed by atoms with Gasteiger partial charge in [-0.25, -0.2) is 9.97 Å². The maximum atomic E-state index is 11.1. The fourth-order valence-electron chi connectivity index (χ4n) is 3.72. The van der Waals surface area contributed by atoms with Gasteiger partial charge < -0.3 is 14.7 Å². The van der Waals surface area contributed by atoms with E-state index in [1.165, 1.54) is 0 Å². The summed E-state index contributed by atoms with van der Waals surface area (Å²) >= 11 is 0. The molecule has 4 heterocycles. The molecule has 0 saturated heterocycles. The number of nitrogens with zero attached hydrogens (tertiary/aromatic N) is 3. The van der Waals surface area contributed by atoms with E-state index in [4.69, 9.17) is 9.40 Å². The van der Waals surface area contributed by atoms with Crippen LogP contribution in [0.2, 0.25) is 0 Å². The number of hydrogen-bond donors (Lipinski definition) is 3. The van der Waals surface area contributed by atoms with E-state index in [0.717, 1.165) is 39.6 Å². The van der Waals surface area contributed by atoms with Crippen molar-refractivity contribution < 1.29 is 9.21 Å². The molecule has 2 aromatic carbocycles. The molecule has 6 aromatic rings. The Balaban J connectivity index is 1.38. The van der Waals surface area contributed by atoms with Gasteiger partial charge in [-0.2, -0.15) is 5.10 Å². The van der Waals surface area contributed by atoms with Crippen LogP contribution in [0.4, 0.5) is 11.5 Å². The molecule has 0 amide bonds. The van der Waals surface area contributed by atoms with Crippen LogP contribution in [-0.4, -0.2) is 31.4 Å². The van der Waals surface area contributed by atoms with E-state index in [0.29, 0.717) is 28.4 Å². The fraction of sp³-hybridized carbons (Fsp3) is 0. The summed E-state index contributed by atoms with van der Waals surface area (Å²) in [6, 6.07) is 17.4. The summed E-state index contributed by atoms with van der Waals surface area (Å²) in [5.74, 6) is 1.13. The highest BCUT2D eigenvalue weighted by Gasteiger charge is 2.14. The van der Waals surface area contributed by atoms with Gasteiger partial charge in [-0.15, -0.1) is 0 Å². The number of benzene rings is 2. The predicted octanol–water partition coefficient (Wildman–Crippen LogP) is 5.32. The van der Waals surface area contributed by atoms with Gasteiger partial charge in [0, 0.05) is 40.0 Å². The van der Waals surface area contributed by atoms with E-state index < -0.39 is 0 Å². The van der Waals surface area contributed by atoms with Crippen LogP contribution in [0.25, 0.3) is 44.5 Å². The average molecular weight is 420 g/mol. The molecule has 0 fully saturated rings. The second kappa shape index (κ2) is 7.21. The maximum Gasteiger partial charge on any atom is 0.194 e. The van der Waals surface area contributed by atoms with Gasteiger partial charge in [0.15, 0.2) is 23.5 Å². The molecule has 0 atom stereocenters. The van der Waals surface area contributed by atoms with E-state index >= 15 is 0 Å². The van der Waals surface area contributed by atoms with Crippen LogP contribution < -0.4 is 5.32 Å². The molecule has 3 N–H and O–H groups in total. The zero-order valence-corrected chi connectivity index (χ0v) is 16.7. The minimum Gasteiger partial charge on any atom is -0.459 e. The van der Waals surface area contributed by atoms with Crippen molar-refractivity contribution in [3.05, 3.63) is 78.9 Å². The van der Waals surface area contributed by atoms with Gasteiger partial charge in [0.25, 0.3) is 0 Å². The lowest BCUT2D eigenvalue weighted by atomic mass is 10.1. The van der Waals surface area contributed by atoms with Crippen molar-refractivity contribution in [2.75, 3.05) is 5.32 Å². The van der Waals surface area contributed by atoms with Crippen LogP contribution in [0.1, 0.15) is 10.5 Å². The first-order valence-corrected chi connectivity index (χ1v) is 9.97. The molecule has 0 spiro atoms. The molecule has 0 aliphatic carbocycles. The maximum absolute atomic E-state index is 11.1. The Hall–Kier alpha value is -4.72. The summed E-state index contributed by atoms with van der Waals surface area (Å²) in [5.41, 5.74) is 6.45.